The number of ketones is 3. The third-order valence-electron chi connectivity index (χ3n) is 4.55. The standard InChI is InChI=1S/C25H29O10P/c1-24(2,3)34-36(30,35-25(4,5)6)32-12-11-31-20(27)14-18(26)19-13-17-21(28)15-9-7-8-10-16(15)22(29)23(17)33-19/h7-10,13H,11-12,14H2,1-6H3. The molecule has 11 heteroatoms. The Kier molecular flexibility index (Phi) is 7.86. The highest BCUT2D eigenvalue weighted by Crippen LogP contribution is 2.55. The fraction of sp³-hybridized carbons (Fsp3) is 0.440. The van der Waals surface area contributed by atoms with Crippen LogP contribution in [0.3, 0.4) is 0 Å². The molecule has 1 aromatic heterocycles. The van der Waals surface area contributed by atoms with Gasteiger partial charge in [-0.05, 0) is 47.6 Å². The Bertz CT molecular complexity index is 1170. The molecule has 194 valence electrons. The SMILES string of the molecule is CC(C)(C)OP(=O)(OCCOC(=O)CC(=O)c1cc2c(o1)C(=O)c1ccccc1C2=O)OC(C)(C)C. The maximum absolute atomic E-state index is 13.0. The van der Waals surface area contributed by atoms with Crippen LogP contribution in [0.4, 0.5) is 0 Å². The molecule has 3 rings (SSSR count). The number of rotatable bonds is 9. The zero-order chi connectivity index (χ0) is 26.9. The van der Waals surface area contributed by atoms with Crippen LogP contribution in [0.15, 0.2) is 34.7 Å². The Hall–Kier alpha value is -2.91. The molecule has 0 unspecified atom stereocenters. The summed E-state index contributed by atoms with van der Waals surface area (Å²) in [5, 5.41) is 0. The predicted octanol–water partition coefficient (Wildman–Crippen LogP) is 4.93. The van der Waals surface area contributed by atoms with Gasteiger partial charge in [0.2, 0.25) is 11.6 Å². The highest BCUT2D eigenvalue weighted by molar-refractivity contribution is 7.48. The van der Waals surface area contributed by atoms with Crippen molar-refractivity contribution in [3.05, 3.63) is 58.5 Å². The van der Waals surface area contributed by atoms with Crippen LogP contribution < -0.4 is 0 Å². The summed E-state index contributed by atoms with van der Waals surface area (Å²) in [6.07, 6.45) is -0.698. The second-order valence-electron chi connectivity index (χ2n) is 10.1. The van der Waals surface area contributed by atoms with Crippen LogP contribution in [0.1, 0.15) is 90.6 Å². The molecular weight excluding hydrogens is 491 g/mol. The summed E-state index contributed by atoms with van der Waals surface area (Å²) in [6.45, 7) is 9.50. The van der Waals surface area contributed by atoms with Crippen LogP contribution in [0.2, 0.25) is 0 Å². The summed E-state index contributed by atoms with van der Waals surface area (Å²) >= 11 is 0. The molecule has 0 radical (unpaired) electrons. The predicted molar refractivity (Wildman–Crippen MR) is 127 cm³/mol. The van der Waals surface area contributed by atoms with E-state index in [2.05, 4.69) is 0 Å². The first-order chi connectivity index (χ1) is 16.6. The Balaban J connectivity index is 1.57. The van der Waals surface area contributed by atoms with Crippen molar-refractivity contribution in [3.63, 3.8) is 0 Å². The molecule has 0 saturated heterocycles. The first-order valence-electron chi connectivity index (χ1n) is 11.3. The highest BCUT2D eigenvalue weighted by atomic mass is 31.2. The maximum Gasteiger partial charge on any atom is 0.475 e. The van der Waals surface area contributed by atoms with Crippen LogP contribution in [0.5, 0.6) is 0 Å². The molecule has 0 saturated carbocycles. The summed E-state index contributed by atoms with van der Waals surface area (Å²) in [6, 6.07) is 7.43. The van der Waals surface area contributed by atoms with E-state index in [0.29, 0.717) is 0 Å². The van der Waals surface area contributed by atoms with Crippen molar-refractivity contribution in [2.24, 2.45) is 0 Å². The number of phosphoric ester groups is 1. The number of benzene rings is 1. The van der Waals surface area contributed by atoms with E-state index in [4.69, 9.17) is 22.7 Å². The fourth-order valence-electron chi connectivity index (χ4n) is 3.33. The van der Waals surface area contributed by atoms with Crippen LogP contribution in [-0.4, -0.2) is 47.7 Å². The van der Waals surface area contributed by atoms with E-state index < -0.39 is 48.8 Å². The van der Waals surface area contributed by atoms with Gasteiger partial charge in [0, 0.05) is 11.1 Å². The summed E-state index contributed by atoms with van der Waals surface area (Å²) < 4.78 is 39.5. The van der Waals surface area contributed by atoms with Crippen LogP contribution in [-0.2, 0) is 27.7 Å². The minimum absolute atomic E-state index is 0.0303. The minimum atomic E-state index is -3.98. The van der Waals surface area contributed by atoms with E-state index in [-0.39, 0.29) is 41.4 Å². The van der Waals surface area contributed by atoms with E-state index in [0.717, 1.165) is 6.07 Å². The van der Waals surface area contributed by atoms with E-state index >= 15 is 0 Å². The lowest BCUT2D eigenvalue weighted by Crippen LogP contribution is -2.25. The third kappa shape index (κ3) is 6.85. The van der Waals surface area contributed by atoms with Crippen molar-refractivity contribution >= 4 is 31.1 Å². The molecule has 0 N–H and O–H groups in total. The van der Waals surface area contributed by atoms with Crippen LogP contribution >= 0.6 is 7.82 Å². The largest absolute Gasteiger partial charge is 0.475 e. The summed E-state index contributed by atoms with van der Waals surface area (Å²) in [5.41, 5.74) is -1.27. The molecule has 2 aromatic rings. The van der Waals surface area contributed by atoms with Gasteiger partial charge in [-0.25, -0.2) is 4.57 Å². The molecule has 36 heavy (non-hydrogen) atoms. The number of esters is 1. The van der Waals surface area contributed by atoms with E-state index in [1.807, 2.05) is 0 Å². The molecule has 0 aliphatic heterocycles. The first-order valence-corrected chi connectivity index (χ1v) is 12.7. The fourth-order valence-corrected chi connectivity index (χ4v) is 5.11. The van der Waals surface area contributed by atoms with Crippen molar-refractivity contribution in [1.82, 2.24) is 0 Å². The number of carbonyl (C=O) groups is 4. The highest BCUT2D eigenvalue weighted by Gasteiger charge is 2.37. The number of fused-ring (bicyclic) bond motifs is 2. The van der Waals surface area contributed by atoms with Gasteiger partial charge in [-0.2, -0.15) is 0 Å². The third-order valence-corrected chi connectivity index (χ3v) is 6.59. The van der Waals surface area contributed by atoms with Crippen molar-refractivity contribution < 1.29 is 46.5 Å². The number of Topliss-reactive ketones (excluding diaryl/α,β-unsaturated/α-hetero) is 1. The van der Waals surface area contributed by atoms with E-state index in [1.54, 1.807) is 53.7 Å². The minimum Gasteiger partial charge on any atom is -0.463 e. The van der Waals surface area contributed by atoms with Gasteiger partial charge in [-0.15, -0.1) is 0 Å². The lowest BCUT2D eigenvalue weighted by molar-refractivity contribution is -0.143. The molecule has 1 aromatic carbocycles. The average molecular weight is 520 g/mol. The van der Waals surface area contributed by atoms with Crippen LogP contribution in [0.25, 0.3) is 0 Å². The van der Waals surface area contributed by atoms with Gasteiger partial charge in [0.25, 0.3) is 0 Å². The lowest BCUT2D eigenvalue weighted by Gasteiger charge is -2.30. The summed E-state index contributed by atoms with van der Waals surface area (Å²) in [4.78, 5) is 50.0. The van der Waals surface area contributed by atoms with Crippen molar-refractivity contribution in [3.8, 4) is 0 Å². The number of furan rings is 1. The van der Waals surface area contributed by atoms with Crippen molar-refractivity contribution in [1.29, 1.82) is 0 Å². The Morgan fingerprint density at radius 2 is 1.42 bits per heavy atom. The molecule has 0 fully saturated rings. The number of carbonyl (C=O) groups excluding carboxylic acids is 4. The summed E-state index contributed by atoms with van der Waals surface area (Å²) in [7, 11) is -3.98. The second kappa shape index (κ2) is 10.2. The topological polar surface area (TPSA) is 135 Å². The van der Waals surface area contributed by atoms with Crippen LogP contribution in [0, 0.1) is 0 Å². The molecule has 1 aliphatic rings. The van der Waals surface area contributed by atoms with Gasteiger partial charge in [-0.3, -0.25) is 32.7 Å². The molecule has 1 aliphatic carbocycles. The molecule has 0 amide bonds. The quantitative estimate of drug-likeness (QED) is 0.126. The van der Waals surface area contributed by atoms with E-state index in [1.165, 1.54) is 12.1 Å². The second-order valence-corrected chi connectivity index (χ2v) is 11.6. The zero-order valence-electron chi connectivity index (χ0n) is 21.0. The molecule has 0 bridgehead atoms. The molecule has 10 nitrogen and oxygen atoms in total. The summed E-state index contributed by atoms with van der Waals surface area (Å²) in [5.74, 6) is -3.16. The number of phosphoric acid groups is 1. The van der Waals surface area contributed by atoms with Gasteiger partial charge in [-0.1, -0.05) is 24.3 Å². The van der Waals surface area contributed by atoms with Gasteiger partial charge in [0.15, 0.2) is 17.3 Å². The van der Waals surface area contributed by atoms with Gasteiger partial charge in [0.05, 0.1) is 23.4 Å². The van der Waals surface area contributed by atoms with Crippen molar-refractivity contribution in [2.75, 3.05) is 13.2 Å². The van der Waals surface area contributed by atoms with Gasteiger partial charge >= 0.3 is 13.8 Å². The zero-order valence-corrected chi connectivity index (χ0v) is 21.9. The van der Waals surface area contributed by atoms with Gasteiger partial charge < -0.3 is 9.15 Å². The Labute approximate surface area is 208 Å². The smallest absolute Gasteiger partial charge is 0.463 e. The number of hydrogen-bond acceptors (Lipinski definition) is 10. The Morgan fingerprint density at radius 3 is 1.97 bits per heavy atom. The molecule has 0 spiro atoms. The monoisotopic (exact) mass is 520 g/mol. The normalized spacial score (nSPS) is 13.8. The average Bonchev–Trinajstić information content (AvgIpc) is 3.19. The van der Waals surface area contributed by atoms with Gasteiger partial charge in [0.1, 0.15) is 13.0 Å². The number of ether oxygens (including phenoxy) is 1. The van der Waals surface area contributed by atoms with Crippen molar-refractivity contribution in [2.45, 2.75) is 59.2 Å². The Morgan fingerprint density at radius 1 is 0.861 bits per heavy atom. The molecule has 1 heterocycles. The van der Waals surface area contributed by atoms with E-state index in [9.17, 15) is 23.7 Å². The first kappa shape index (κ1) is 27.7. The molecule has 0 atom stereocenters. The lowest BCUT2D eigenvalue weighted by atomic mass is 9.88. The maximum atomic E-state index is 13.0. The molecular formula is C25H29O10P. The number of hydrogen-bond donors (Lipinski definition) is 0.